The molecular weight excluding hydrogens is 182 g/mol. The topological polar surface area (TPSA) is 68.0 Å². The Morgan fingerprint density at radius 2 is 2.07 bits per heavy atom. The van der Waals surface area contributed by atoms with E-state index < -0.39 is 0 Å². The number of nitrogens with zero attached hydrogens (tertiary/aromatic N) is 2. The van der Waals surface area contributed by atoms with Gasteiger partial charge in [0.25, 0.3) is 0 Å². The van der Waals surface area contributed by atoms with E-state index in [9.17, 15) is 4.79 Å². The van der Waals surface area contributed by atoms with Crippen LogP contribution in [0.5, 0.6) is 0 Å². The lowest BCUT2D eigenvalue weighted by molar-refractivity contribution is -0.119. The highest BCUT2D eigenvalue weighted by Crippen LogP contribution is 2.14. The SMILES string of the molecule is CC(=O)NC(C)c1nc(C(C)C)no1. The number of hydrogen-bond acceptors (Lipinski definition) is 4. The maximum atomic E-state index is 10.8. The summed E-state index contributed by atoms with van der Waals surface area (Å²) in [4.78, 5) is 14.9. The molecule has 0 aliphatic heterocycles. The van der Waals surface area contributed by atoms with Crippen molar-refractivity contribution in [1.82, 2.24) is 15.5 Å². The molecule has 14 heavy (non-hydrogen) atoms. The van der Waals surface area contributed by atoms with Crippen molar-refractivity contribution in [2.75, 3.05) is 0 Å². The average Bonchev–Trinajstić information content (AvgIpc) is 2.50. The summed E-state index contributed by atoms with van der Waals surface area (Å²) in [5, 5.41) is 6.48. The fraction of sp³-hybridized carbons (Fsp3) is 0.667. The third kappa shape index (κ3) is 2.55. The van der Waals surface area contributed by atoms with Gasteiger partial charge in [0.1, 0.15) is 6.04 Å². The first-order chi connectivity index (χ1) is 6.50. The summed E-state index contributed by atoms with van der Waals surface area (Å²) < 4.78 is 5.01. The summed E-state index contributed by atoms with van der Waals surface area (Å²) >= 11 is 0. The molecule has 0 aliphatic rings. The normalized spacial score (nSPS) is 12.9. The summed E-state index contributed by atoms with van der Waals surface area (Å²) in [6, 6.07) is -0.229. The molecule has 1 N–H and O–H groups in total. The molecule has 0 saturated carbocycles. The quantitative estimate of drug-likeness (QED) is 0.795. The van der Waals surface area contributed by atoms with Crippen LogP contribution in [-0.2, 0) is 4.79 Å². The van der Waals surface area contributed by atoms with E-state index in [0.29, 0.717) is 11.7 Å². The van der Waals surface area contributed by atoms with Gasteiger partial charge in [-0.25, -0.2) is 0 Å². The fourth-order valence-corrected chi connectivity index (χ4v) is 1.02. The Labute approximate surface area is 82.9 Å². The van der Waals surface area contributed by atoms with Crippen LogP contribution in [0.15, 0.2) is 4.52 Å². The van der Waals surface area contributed by atoms with Crippen LogP contribution in [0, 0.1) is 0 Å². The highest BCUT2D eigenvalue weighted by Gasteiger charge is 2.15. The van der Waals surface area contributed by atoms with Crippen molar-refractivity contribution >= 4 is 5.91 Å². The molecule has 1 aromatic rings. The van der Waals surface area contributed by atoms with Crippen LogP contribution in [0.25, 0.3) is 0 Å². The highest BCUT2D eigenvalue weighted by atomic mass is 16.5. The molecule has 0 spiro atoms. The van der Waals surface area contributed by atoms with Crippen LogP contribution in [0.1, 0.15) is 51.4 Å². The molecule has 0 fully saturated rings. The van der Waals surface area contributed by atoms with Crippen LogP contribution in [0.2, 0.25) is 0 Å². The number of amides is 1. The second-order valence-electron chi connectivity index (χ2n) is 3.57. The van der Waals surface area contributed by atoms with Gasteiger partial charge in [0, 0.05) is 12.8 Å². The molecule has 0 aliphatic carbocycles. The molecule has 5 nitrogen and oxygen atoms in total. The molecule has 0 aromatic carbocycles. The third-order valence-electron chi connectivity index (χ3n) is 1.76. The Balaban J connectivity index is 2.71. The minimum Gasteiger partial charge on any atom is -0.345 e. The van der Waals surface area contributed by atoms with Gasteiger partial charge in [-0.05, 0) is 6.92 Å². The Morgan fingerprint density at radius 3 is 2.50 bits per heavy atom. The van der Waals surface area contributed by atoms with Crippen molar-refractivity contribution in [3.8, 4) is 0 Å². The number of carbonyl (C=O) groups excluding carboxylic acids is 1. The van der Waals surface area contributed by atoms with E-state index in [2.05, 4.69) is 15.5 Å². The average molecular weight is 197 g/mol. The smallest absolute Gasteiger partial charge is 0.248 e. The Hall–Kier alpha value is -1.39. The lowest BCUT2D eigenvalue weighted by atomic mass is 10.2. The molecule has 0 radical (unpaired) electrons. The summed E-state index contributed by atoms with van der Waals surface area (Å²) in [7, 11) is 0. The lowest BCUT2D eigenvalue weighted by Gasteiger charge is -2.05. The highest BCUT2D eigenvalue weighted by molar-refractivity contribution is 5.73. The molecule has 5 heteroatoms. The monoisotopic (exact) mass is 197 g/mol. The van der Waals surface area contributed by atoms with Crippen molar-refractivity contribution < 1.29 is 9.32 Å². The standard InChI is InChI=1S/C9H15N3O2/c1-5(2)8-11-9(14-12-8)6(3)10-7(4)13/h5-6H,1-4H3,(H,10,13). The van der Waals surface area contributed by atoms with Crippen LogP contribution in [0.4, 0.5) is 0 Å². The predicted molar refractivity (Wildman–Crippen MR) is 50.6 cm³/mol. The Kier molecular flexibility index (Phi) is 3.22. The molecular formula is C9H15N3O2. The zero-order chi connectivity index (χ0) is 10.7. The van der Waals surface area contributed by atoms with Gasteiger partial charge in [0.05, 0.1) is 0 Å². The van der Waals surface area contributed by atoms with Gasteiger partial charge in [-0.3, -0.25) is 4.79 Å². The molecule has 78 valence electrons. The van der Waals surface area contributed by atoms with Gasteiger partial charge in [-0.15, -0.1) is 0 Å². The number of carbonyl (C=O) groups is 1. The second kappa shape index (κ2) is 4.21. The molecule has 1 atom stereocenters. The molecule has 1 aromatic heterocycles. The van der Waals surface area contributed by atoms with Crippen molar-refractivity contribution in [1.29, 1.82) is 0 Å². The van der Waals surface area contributed by atoms with Crippen LogP contribution >= 0.6 is 0 Å². The van der Waals surface area contributed by atoms with E-state index in [1.165, 1.54) is 6.92 Å². The van der Waals surface area contributed by atoms with Crippen molar-refractivity contribution in [2.24, 2.45) is 0 Å². The largest absolute Gasteiger partial charge is 0.345 e. The fourth-order valence-electron chi connectivity index (χ4n) is 1.02. The van der Waals surface area contributed by atoms with Gasteiger partial charge in [-0.1, -0.05) is 19.0 Å². The summed E-state index contributed by atoms with van der Waals surface area (Å²) in [6.07, 6.45) is 0. The van der Waals surface area contributed by atoms with Gasteiger partial charge >= 0.3 is 0 Å². The molecule has 1 unspecified atom stereocenters. The summed E-state index contributed by atoms with van der Waals surface area (Å²) in [5.74, 6) is 1.24. The molecule has 0 saturated heterocycles. The van der Waals surface area contributed by atoms with Crippen molar-refractivity contribution in [2.45, 2.75) is 39.7 Å². The van der Waals surface area contributed by atoms with Crippen LogP contribution in [-0.4, -0.2) is 16.0 Å². The molecule has 0 bridgehead atoms. The van der Waals surface area contributed by atoms with Gasteiger partial charge in [-0.2, -0.15) is 4.98 Å². The van der Waals surface area contributed by atoms with Gasteiger partial charge in [0.2, 0.25) is 11.8 Å². The van der Waals surface area contributed by atoms with Crippen LogP contribution in [0.3, 0.4) is 0 Å². The molecule has 1 rings (SSSR count). The zero-order valence-electron chi connectivity index (χ0n) is 8.87. The molecule has 1 heterocycles. The van der Waals surface area contributed by atoms with E-state index >= 15 is 0 Å². The number of nitrogens with one attached hydrogen (secondary N) is 1. The van der Waals surface area contributed by atoms with Gasteiger partial charge < -0.3 is 9.84 Å². The first-order valence-electron chi connectivity index (χ1n) is 4.61. The van der Waals surface area contributed by atoms with Crippen molar-refractivity contribution in [3.05, 3.63) is 11.7 Å². The zero-order valence-corrected chi connectivity index (χ0v) is 8.87. The maximum Gasteiger partial charge on any atom is 0.248 e. The summed E-state index contributed by atoms with van der Waals surface area (Å²) in [6.45, 7) is 7.23. The summed E-state index contributed by atoms with van der Waals surface area (Å²) in [5.41, 5.74) is 0. The Morgan fingerprint density at radius 1 is 1.43 bits per heavy atom. The first-order valence-corrected chi connectivity index (χ1v) is 4.61. The van der Waals surface area contributed by atoms with Gasteiger partial charge in [0.15, 0.2) is 5.82 Å². The van der Waals surface area contributed by atoms with Crippen LogP contribution < -0.4 is 5.32 Å². The maximum absolute atomic E-state index is 10.8. The number of hydrogen-bond donors (Lipinski definition) is 1. The number of aromatic nitrogens is 2. The minimum absolute atomic E-state index is 0.109. The van der Waals surface area contributed by atoms with E-state index in [0.717, 1.165) is 0 Å². The predicted octanol–water partition coefficient (Wildman–Crippen LogP) is 1.39. The van der Waals surface area contributed by atoms with E-state index in [4.69, 9.17) is 4.52 Å². The Bertz CT molecular complexity index is 320. The van der Waals surface area contributed by atoms with Crippen molar-refractivity contribution in [3.63, 3.8) is 0 Å². The first kappa shape index (κ1) is 10.7. The van der Waals surface area contributed by atoms with E-state index in [-0.39, 0.29) is 17.9 Å². The molecule has 1 amide bonds. The second-order valence-corrected chi connectivity index (χ2v) is 3.57. The minimum atomic E-state index is -0.229. The van der Waals surface area contributed by atoms with E-state index in [1.807, 2.05) is 13.8 Å². The van der Waals surface area contributed by atoms with E-state index in [1.54, 1.807) is 6.92 Å². The lowest BCUT2D eigenvalue weighted by Crippen LogP contribution is -2.23. The third-order valence-corrected chi connectivity index (χ3v) is 1.76. The number of rotatable bonds is 3.